The molecule has 6 unspecified atom stereocenters. The summed E-state index contributed by atoms with van der Waals surface area (Å²) in [6.45, 7) is 0.984. The summed E-state index contributed by atoms with van der Waals surface area (Å²) >= 11 is 0. The van der Waals surface area contributed by atoms with Gasteiger partial charge in [0.15, 0.2) is 6.29 Å². The summed E-state index contributed by atoms with van der Waals surface area (Å²) in [4.78, 5) is 24.5. The van der Waals surface area contributed by atoms with Crippen LogP contribution in [0.2, 0.25) is 0 Å². The zero-order valence-electron chi connectivity index (χ0n) is 22.7. The monoisotopic (exact) mass is 596 g/mol. The Hall–Kier alpha value is -3.40. The first kappa shape index (κ1) is 31.5. The van der Waals surface area contributed by atoms with Crippen molar-refractivity contribution in [2.24, 2.45) is 0 Å². The molecule has 2 saturated heterocycles. The number of anilines is 2. The summed E-state index contributed by atoms with van der Waals surface area (Å²) in [5.74, 6) is -1.32. The van der Waals surface area contributed by atoms with Gasteiger partial charge in [-0.3, -0.25) is 10.6 Å². The first-order chi connectivity index (χ1) is 20.1. The lowest BCUT2D eigenvalue weighted by Gasteiger charge is -2.43. The predicted molar refractivity (Wildman–Crippen MR) is 142 cm³/mol. The van der Waals surface area contributed by atoms with Gasteiger partial charge in [0, 0.05) is 12.8 Å². The van der Waals surface area contributed by atoms with E-state index in [1.54, 1.807) is 6.07 Å². The van der Waals surface area contributed by atoms with Crippen molar-refractivity contribution < 1.29 is 57.4 Å². The van der Waals surface area contributed by atoms with Crippen LogP contribution in [0.3, 0.4) is 0 Å². The molecule has 2 aromatic rings. The zero-order chi connectivity index (χ0) is 30.2. The third-order valence-electron chi connectivity index (χ3n) is 6.90. The number of ether oxygens (including phenoxy) is 5. The van der Waals surface area contributed by atoms with Crippen molar-refractivity contribution in [2.45, 2.75) is 75.2 Å². The predicted octanol–water partition coefficient (Wildman–Crippen LogP) is 2.91. The highest BCUT2D eigenvalue weighted by atomic mass is 19.1. The normalized spacial score (nSPS) is 29.4. The number of amides is 2. The number of para-hydroxylation sites is 2. The average Bonchev–Trinajstić information content (AvgIpc) is 2.96. The van der Waals surface area contributed by atoms with Gasteiger partial charge in [-0.1, -0.05) is 31.2 Å². The maximum Gasteiger partial charge on any atom is 0.411 e. The standard InChI is InChI=1S/C28H34F2N2O10/c1-2-15-11-21(34)26(23(40-15)14-39-28(37)32-19-10-6-4-8-17(19)30)42-24-12-20(33)25(35)22(41-24)13-38-27(36)31-18-9-5-3-7-16(18)29/h3-10,15,20-26,33-35H,2,11-14H2,1H3,(H,31,36)(H,32,37)/t15?,20?,21?,22?,23?,24?,25-,26-/m0/s1. The van der Waals surface area contributed by atoms with Crippen molar-refractivity contribution >= 4 is 23.6 Å². The molecule has 2 aromatic carbocycles. The Labute approximate surface area is 240 Å². The molecule has 42 heavy (non-hydrogen) atoms. The van der Waals surface area contributed by atoms with Crippen LogP contribution in [0, 0.1) is 11.6 Å². The summed E-state index contributed by atoms with van der Waals surface area (Å²) in [5, 5.41) is 36.2. The second-order valence-corrected chi connectivity index (χ2v) is 9.91. The van der Waals surface area contributed by atoms with E-state index in [1.807, 2.05) is 6.92 Å². The van der Waals surface area contributed by atoms with Crippen molar-refractivity contribution in [3.8, 4) is 0 Å². The number of carbonyl (C=O) groups is 2. The van der Waals surface area contributed by atoms with Gasteiger partial charge in [-0.2, -0.15) is 0 Å². The highest BCUT2D eigenvalue weighted by Gasteiger charge is 2.44. The van der Waals surface area contributed by atoms with Crippen LogP contribution >= 0.6 is 0 Å². The summed E-state index contributed by atoms with van der Waals surface area (Å²) in [7, 11) is 0. The number of carbonyl (C=O) groups excluding carboxylic acids is 2. The van der Waals surface area contributed by atoms with Gasteiger partial charge >= 0.3 is 12.2 Å². The number of hydrogen-bond donors (Lipinski definition) is 5. The van der Waals surface area contributed by atoms with Gasteiger partial charge in [0.25, 0.3) is 0 Å². The summed E-state index contributed by atoms with van der Waals surface area (Å²) < 4.78 is 55.6. The summed E-state index contributed by atoms with van der Waals surface area (Å²) in [5.41, 5.74) is -0.188. The van der Waals surface area contributed by atoms with Crippen LogP contribution in [-0.2, 0) is 23.7 Å². The quantitative estimate of drug-likeness (QED) is 0.291. The molecule has 230 valence electrons. The highest BCUT2D eigenvalue weighted by molar-refractivity contribution is 5.85. The fourth-order valence-electron chi connectivity index (χ4n) is 4.66. The lowest BCUT2D eigenvalue weighted by Crippen LogP contribution is -2.56. The van der Waals surface area contributed by atoms with E-state index < -0.39 is 73.3 Å². The number of aliphatic hydroxyl groups is 3. The van der Waals surface area contributed by atoms with Crippen LogP contribution < -0.4 is 10.6 Å². The lowest BCUT2D eigenvalue weighted by atomic mass is 9.96. The molecule has 2 heterocycles. The molecule has 2 aliphatic rings. The molecule has 4 rings (SSSR count). The van der Waals surface area contributed by atoms with E-state index in [4.69, 9.17) is 23.7 Å². The van der Waals surface area contributed by atoms with E-state index >= 15 is 0 Å². The molecular weight excluding hydrogens is 562 g/mol. The molecule has 14 heteroatoms. The van der Waals surface area contributed by atoms with Crippen molar-refractivity contribution in [3.05, 3.63) is 60.2 Å². The molecule has 0 spiro atoms. The van der Waals surface area contributed by atoms with Gasteiger partial charge in [-0.15, -0.1) is 0 Å². The fourth-order valence-corrected chi connectivity index (χ4v) is 4.66. The SMILES string of the molecule is CCC1CC(O)[C@H](OC2CC(O)[C@H](O)C(COC(=O)Nc3ccccc3F)O2)C(COC(=O)Nc2ccccc2F)O1. The van der Waals surface area contributed by atoms with Crippen molar-refractivity contribution in [3.63, 3.8) is 0 Å². The molecule has 2 amide bonds. The smallest absolute Gasteiger partial charge is 0.411 e. The van der Waals surface area contributed by atoms with Gasteiger partial charge < -0.3 is 39.0 Å². The zero-order valence-corrected chi connectivity index (χ0v) is 22.7. The number of rotatable bonds is 9. The number of aliphatic hydroxyl groups excluding tert-OH is 3. The molecule has 2 aliphatic heterocycles. The molecule has 0 saturated carbocycles. The largest absolute Gasteiger partial charge is 0.446 e. The maximum absolute atomic E-state index is 13.9. The van der Waals surface area contributed by atoms with Crippen LogP contribution in [0.25, 0.3) is 0 Å². The van der Waals surface area contributed by atoms with E-state index in [9.17, 15) is 33.7 Å². The first-order valence-corrected chi connectivity index (χ1v) is 13.5. The van der Waals surface area contributed by atoms with Crippen LogP contribution in [0.1, 0.15) is 26.2 Å². The molecule has 2 fully saturated rings. The summed E-state index contributed by atoms with van der Waals surface area (Å²) in [6.07, 6.45) is -10.0. The number of halogens is 2. The van der Waals surface area contributed by atoms with Gasteiger partial charge in [-0.05, 0) is 30.7 Å². The van der Waals surface area contributed by atoms with Crippen LogP contribution in [-0.4, -0.2) is 89.7 Å². The molecule has 12 nitrogen and oxygen atoms in total. The fraction of sp³-hybridized carbons (Fsp3) is 0.500. The minimum atomic E-state index is -1.44. The minimum absolute atomic E-state index is 0.0784. The Morgan fingerprint density at radius 2 is 1.38 bits per heavy atom. The summed E-state index contributed by atoms with van der Waals surface area (Å²) in [6, 6.07) is 11.0. The van der Waals surface area contributed by atoms with E-state index in [0.717, 1.165) is 6.07 Å². The van der Waals surface area contributed by atoms with Crippen molar-refractivity contribution in [1.82, 2.24) is 0 Å². The third-order valence-corrected chi connectivity index (χ3v) is 6.90. The molecular formula is C28H34F2N2O10. The van der Waals surface area contributed by atoms with E-state index in [2.05, 4.69) is 10.6 Å². The van der Waals surface area contributed by atoms with Crippen LogP contribution in [0.4, 0.5) is 29.7 Å². The third kappa shape index (κ3) is 8.33. The Morgan fingerprint density at radius 3 is 1.93 bits per heavy atom. The second kappa shape index (κ2) is 14.7. The molecule has 5 N–H and O–H groups in total. The average molecular weight is 597 g/mol. The number of benzene rings is 2. The van der Waals surface area contributed by atoms with Crippen LogP contribution in [0.15, 0.2) is 48.5 Å². The molecule has 0 bridgehead atoms. The number of hydrogen-bond acceptors (Lipinski definition) is 10. The minimum Gasteiger partial charge on any atom is -0.446 e. The molecule has 0 aromatic heterocycles. The van der Waals surface area contributed by atoms with E-state index in [0.29, 0.717) is 6.42 Å². The van der Waals surface area contributed by atoms with Crippen molar-refractivity contribution in [1.29, 1.82) is 0 Å². The van der Waals surface area contributed by atoms with Gasteiger partial charge in [0.05, 0.1) is 29.7 Å². The van der Waals surface area contributed by atoms with Gasteiger partial charge in [0.2, 0.25) is 0 Å². The number of nitrogens with one attached hydrogen (secondary N) is 2. The Morgan fingerprint density at radius 1 is 0.833 bits per heavy atom. The van der Waals surface area contributed by atoms with Crippen molar-refractivity contribution in [2.75, 3.05) is 23.8 Å². The van der Waals surface area contributed by atoms with E-state index in [1.165, 1.54) is 36.4 Å². The van der Waals surface area contributed by atoms with Crippen LogP contribution in [0.5, 0.6) is 0 Å². The Kier molecular flexibility index (Phi) is 11.0. The Balaban J connectivity index is 1.35. The topological polar surface area (TPSA) is 165 Å². The Bertz CT molecular complexity index is 1210. The maximum atomic E-state index is 13.9. The first-order valence-electron chi connectivity index (χ1n) is 13.5. The second-order valence-electron chi connectivity index (χ2n) is 9.91. The molecule has 0 radical (unpaired) electrons. The molecule has 0 aliphatic carbocycles. The van der Waals surface area contributed by atoms with E-state index in [-0.39, 0.29) is 36.9 Å². The highest BCUT2D eigenvalue weighted by Crippen LogP contribution is 2.30. The molecule has 8 atom stereocenters. The van der Waals surface area contributed by atoms with Gasteiger partial charge in [-0.25, -0.2) is 18.4 Å². The van der Waals surface area contributed by atoms with Gasteiger partial charge in [0.1, 0.15) is 49.3 Å². The lowest BCUT2D eigenvalue weighted by molar-refractivity contribution is -0.302.